The van der Waals surface area contributed by atoms with Gasteiger partial charge in [-0.3, -0.25) is 0 Å². The van der Waals surface area contributed by atoms with Crippen molar-refractivity contribution in [3.05, 3.63) is 51.0 Å². The van der Waals surface area contributed by atoms with Crippen LogP contribution in [-0.2, 0) is 0 Å². The molecule has 2 nitrogen and oxygen atoms in total. The molecule has 94 valence electrons. The summed E-state index contributed by atoms with van der Waals surface area (Å²) in [4.78, 5) is 5.47. The highest BCUT2D eigenvalue weighted by atomic mass is 79.9. The van der Waals surface area contributed by atoms with Crippen LogP contribution in [0.3, 0.4) is 0 Å². The van der Waals surface area contributed by atoms with Crippen LogP contribution in [0.25, 0.3) is 0 Å². The Kier molecular flexibility index (Phi) is 4.84. The van der Waals surface area contributed by atoms with E-state index in [9.17, 15) is 0 Å². The minimum Gasteiger partial charge on any atom is -0.324 e. The van der Waals surface area contributed by atoms with Gasteiger partial charge in [-0.2, -0.15) is 0 Å². The zero-order chi connectivity index (χ0) is 13.1. The third kappa shape index (κ3) is 3.35. The lowest BCUT2D eigenvalue weighted by Gasteiger charge is -2.09. The molecule has 0 aliphatic rings. The van der Waals surface area contributed by atoms with Gasteiger partial charge in [-0.1, -0.05) is 17.8 Å². The van der Waals surface area contributed by atoms with E-state index >= 15 is 0 Å². The molecule has 0 amide bonds. The molecule has 1 atom stereocenters. The maximum absolute atomic E-state index is 5.86. The van der Waals surface area contributed by atoms with Crippen LogP contribution < -0.4 is 5.73 Å². The predicted octanol–water partition coefficient (Wildman–Crippen LogP) is 4.78. The van der Waals surface area contributed by atoms with E-state index in [0.29, 0.717) is 0 Å². The summed E-state index contributed by atoms with van der Waals surface area (Å²) in [5, 5.41) is 0.951. The van der Waals surface area contributed by atoms with E-state index in [2.05, 4.69) is 55.0 Å². The molecule has 2 N–H and O–H groups in total. The zero-order valence-electron chi connectivity index (χ0n) is 9.73. The smallest absolute Gasteiger partial charge is 0.115 e. The molecule has 0 unspecified atom stereocenters. The molecule has 1 aromatic carbocycles. The van der Waals surface area contributed by atoms with E-state index in [4.69, 9.17) is 5.73 Å². The van der Waals surface area contributed by atoms with Crippen LogP contribution in [0, 0.1) is 0 Å². The van der Waals surface area contributed by atoms with Crippen LogP contribution in [-0.4, -0.2) is 4.98 Å². The summed E-state index contributed by atoms with van der Waals surface area (Å²) >= 11 is 8.69. The van der Waals surface area contributed by atoms with Gasteiger partial charge in [0.15, 0.2) is 0 Å². The van der Waals surface area contributed by atoms with Crippen molar-refractivity contribution in [2.24, 2.45) is 5.73 Å². The van der Waals surface area contributed by atoms with E-state index < -0.39 is 0 Å². The second-order valence-electron chi connectivity index (χ2n) is 3.87. The van der Waals surface area contributed by atoms with Crippen LogP contribution in [0.1, 0.15) is 18.5 Å². The van der Waals surface area contributed by atoms with E-state index in [1.54, 1.807) is 18.0 Å². The maximum atomic E-state index is 5.86. The van der Waals surface area contributed by atoms with Crippen molar-refractivity contribution in [1.29, 1.82) is 0 Å². The van der Waals surface area contributed by atoms with Crippen molar-refractivity contribution in [1.82, 2.24) is 4.98 Å². The van der Waals surface area contributed by atoms with Gasteiger partial charge in [0.05, 0.1) is 4.47 Å². The number of hydrogen-bond acceptors (Lipinski definition) is 3. The average molecular weight is 388 g/mol. The maximum Gasteiger partial charge on any atom is 0.115 e. The summed E-state index contributed by atoms with van der Waals surface area (Å²) in [5.41, 5.74) is 6.98. The lowest BCUT2D eigenvalue weighted by atomic mass is 10.1. The molecule has 2 rings (SSSR count). The Hall–Kier alpha value is -0.360. The van der Waals surface area contributed by atoms with Crippen LogP contribution in [0.4, 0.5) is 0 Å². The highest BCUT2D eigenvalue weighted by molar-refractivity contribution is 9.11. The zero-order valence-corrected chi connectivity index (χ0v) is 13.7. The second kappa shape index (κ2) is 6.19. The minimum absolute atomic E-state index is 0.0435. The van der Waals surface area contributed by atoms with Gasteiger partial charge in [0.2, 0.25) is 0 Å². The van der Waals surface area contributed by atoms with Gasteiger partial charge in [-0.05, 0) is 68.6 Å². The highest BCUT2D eigenvalue weighted by Crippen LogP contribution is 2.36. The van der Waals surface area contributed by atoms with Crippen molar-refractivity contribution in [3.8, 4) is 0 Å². The monoisotopic (exact) mass is 386 g/mol. The number of nitrogens with zero attached hydrogens (tertiary/aromatic N) is 1. The van der Waals surface area contributed by atoms with Gasteiger partial charge in [0.1, 0.15) is 5.03 Å². The summed E-state index contributed by atoms with van der Waals surface area (Å²) in [6.07, 6.45) is 1.79. The topological polar surface area (TPSA) is 38.9 Å². The fourth-order valence-corrected chi connectivity index (χ4v) is 3.35. The number of rotatable bonds is 3. The third-order valence-corrected chi connectivity index (χ3v) is 5.33. The fourth-order valence-electron chi connectivity index (χ4n) is 1.43. The molecule has 0 saturated carbocycles. The fraction of sp³-hybridized carbons (Fsp3) is 0.154. The first-order valence-electron chi connectivity index (χ1n) is 5.41. The van der Waals surface area contributed by atoms with Gasteiger partial charge in [0, 0.05) is 21.6 Å². The van der Waals surface area contributed by atoms with Crippen LogP contribution >= 0.6 is 43.6 Å². The largest absolute Gasteiger partial charge is 0.324 e. The van der Waals surface area contributed by atoms with Crippen molar-refractivity contribution in [2.45, 2.75) is 22.9 Å². The first-order valence-corrected chi connectivity index (χ1v) is 7.81. The summed E-state index contributed by atoms with van der Waals surface area (Å²) in [5.74, 6) is 0. The van der Waals surface area contributed by atoms with Crippen LogP contribution in [0.15, 0.2) is 55.4 Å². The van der Waals surface area contributed by atoms with Crippen molar-refractivity contribution < 1.29 is 0 Å². The Bertz CT molecular complexity index is 558. The number of nitrogens with two attached hydrogens (primary N) is 1. The lowest BCUT2D eigenvalue weighted by Crippen LogP contribution is -2.04. The Balaban J connectivity index is 2.28. The number of benzene rings is 1. The summed E-state index contributed by atoms with van der Waals surface area (Å²) in [6.45, 7) is 1.98. The molecular formula is C13H12Br2N2S. The van der Waals surface area contributed by atoms with Gasteiger partial charge in [0.25, 0.3) is 0 Å². The normalized spacial score (nSPS) is 12.4. The van der Waals surface area contributed by atoms with Gasteiger partial charge in [-0.25, -0.2) is 4.98 Å². The predicted molar refractivity (Wildman–Crippen MR) is 82.8 cm³/mol. The summed E-state index contributed by atoms with van der Waals surface area (Å²) in [6, 6.07) is 10.1. The molecule has 0 bridgehead atoms. The number of hydrogen-bond donors (Lipinski definition) is 1. The Morgan fingerprint density at radius 2 is 2.00 bits per heavy atom. The lowest BCUT2D eigenvalue weighted by molar-refractivity contribution is 0.815. The average Bonchev–Trinajstić information content (AvgIpc) is 2.34. The van der Waals surface area contributed by atoms with Crippen LogP contribution in [0.5, 0.6) is 0 Å². The number of pyridine rings is 1. The summed E-state index contributed by atoms with van der Waals surface area (Å²) in [7, 11) is 0. The van der Waals surface area contributed by atoms with E-state index in [1.165, 1.54) is 0 Å². The molecule has 1 aromatic heterocycles. The first kappa shape index (κ1) is 14.1. The molecular weight excluding hydrogens is 376 g/mol. The molecule has 0 fully saturated rings. The van der Waals surface area contributed by atoms with E-state index in [1.807, 2.05) is 19.1 Å². The van der Waals surface area contributed by atoms with Crippen LogP contribution in [0.2, 0.25) is 0 Å². The standard InChI is InChI=1S/C13H12Br2N2S/c1-8(16)9-4-5-12(11(15)7-9)18-13-10(14)3-2-6-17-13/h2-8H,16H2,1H3/t8-/m1/s1. The van der Waals surface area contributed by atoms with E-state index in [0.717, 1.165) is 24.4 Å². The molecule has 1 heterocycles. The Labute approximate surface area is 128 Å². The molecule has 5 heteroatoms. The quantitative estimate of drug-likeness (QED) is 0.823. The van der Waals surface area contributed by atoms with Crippen molar-refractivity contribution in [3.63, 3.8) is 0 Å². The molecule has 0 spiro atoms. The molecule has 0 aliphatic carbocycles. The minimum atomic E-state index is 0.0435. The van der Waals surface area contributed by atoms with Gasteiger partial charge in [-0.15, -0.1) is 0 Å². The Morgan fingerprint density at radius 1 is 1.22 bits per heavy atom. The second-order valence-corrected chi connectivity index (χ2v) is 6.61. The molecule has 0 aliphatic heterocycles. The Morgan fingerprint density at radius 3 is 2.61 bits per heavy atom. The van der Waals surface area contributed by atoms with Gasteiger partial charge < -0.3 is 5.73 Å². The summed E-state index contributed by atoms with van der Waals surface area (Å²) < 4.78 is 2.04. The molecule has 0 radical (unpaired) electrons. The third-order valence-electron chi connectivity index (χ3n) is 2.41. The molecule has 0 saturated heterocycles. The van der Waals surface area contributed by atoms with Crippen molar-refractivity contribution >= 4 is 43.6 Å². The number of halogens is 2. The SMILES string of the molecule is C[C@@H](N)c1ccc(Sc2ncccc2Br)c(Br)c1. The first-order chi connectivity index (χ1) is 8.58. The van der Waals surface area contributed by atoms with E-state index in [-0.39, 0.29) is 6.04 Å². The molecule has 18 heavy (non-hydrogen) atoms. The molecule has 2 aromatic rings. The van der Waals surface area contributed by atoms with Crippen molar-refractivity contribution in [2.75, 3.05) is 0 Å². The number of aromatic nitrogens is 1. The highest BCUT2D eigenvalue weighted by Gasteiger charge is 2.08. The van der Waals surface area contributed by atoms with Gasteiger partial charge >= 0.3 is 0 Å².